The molecular weight excluding hydrogens is 348 g/mol. The second-order valence-corrected chi connectivity index (χ2v) is 8.34. The number of aromatic nitrogens is 1. The highest BCUT2D eigenvalue weighted by Gasteiger charge is 2.49. The lowest BCUT2D eigenvalue weighted by Gasteiger charge is -2.35. The van der Waals surface area contributed by atoms with Gasteiger partial charge in [-0.25, -0.2) is 4.98 Å². The van der Waals surface area contributed by atoms with E-state index in [0.29, 0.717) is 18.6 Å². The van der Waals surface area contributed by atoms with E-state index >= 15 is 0 Å². The molecule has 2 unspecified atom stereocenters. The SMILES string of the molecule is COc1ccc(OC[C@H]2C3CCC(C3)N2C(=O)c2sc(C)nc2C)cc1. The van der Waals surface area contributed by atoms with Crippen molar-refractivity contribution in [1.82, 2.24) is 9.88 Å². The van der Waals surface area contributed by atoms with Crippen molar-refractivity contribution >= 4 is 17.2 Å². The second-order valence-electron chi connectivity index (χ2n) is 7.14. The van der Waals surface area contributed by atoms with Crippen LogP contribution in [-0.4, -0.2) is 41.6 Å². The van der Waals surface area contributed by atoms with Crippen molar-refractivity contribution in [3.63, 3.8) is 0 Å². The van der Waals surface area contributed by atoms with Crippen LogP contribution in [0.2, 0.25) is 0 Å². The summed E-state index contributed by atoms with van der Waals surface area (Å²) in [7, 11) is 1.65. The molecule has 1 aromatic heterocycles. The fourth-order valence-corrected chi connectivity index (χ4v) is 5.19. The quantitative estimate of drug-likeness (QED) is 0.800. The summed E-state index contributed by atoms with van der Waals surface area (Å²) in [6.07, 6.45) is 3.39. The number of likely N-dealkylation sites (tertiary alicyclic amines) is 1. The highest BCUT2D eigenvalue weighted by molar-refractivity contribution is 7.13. The van der Waals surface area contributed by atoms with Gasteiger partial charge in [0.25, 0.3) is 5.91 Å². The van der Waals surface area contributed by atoms with Crippen LogP contribution in [0.3, 0.4) is 0 Å². The maximum absolute atomic E-state index is 13.2. The van der Waals surface area contributed by atoms with Crippen LogP contribution >= 0.6 is 11.3 Å². The van der Waals surface area contributed by atoms with E-state index in [-0.39, 0.29) is 11.9 Å². The molecule has 2 heterocycles. The predicted molar refractivity (Wildman–Crippen MR) is 101 cm³/mol. The number of nitrogens with zero attached hydrogens (tertiary/aromatic N) is 2. The molecule has 6 heteroatoms. The third-order valence-corrected chi connectivity index (χ3v) is 6.61. The van der Waals surface area contributed by atoms with Crippen molar-refractivity contribution < 1.29 is 14.3 Å². The largest absolute Gasteiger partial charge is 0.497 e. The summed E-state index contributed by atoms with van der Waals surface area (Å²) in [5, 5.41) is 0.946. The standard InChI is InChI=1S/C20H24N2O3S/c1-12-19(26-13(2)21-12)20(23)22-15-5-4-14(10-15)18(22)11-25-17-8-6-16(24-3)7-9-17/h6-9,14-15,18H,4-5,10-11H2,1-3H3/t14?,15?,18-/m0/s1. The molecule has 1 aliphatic carbocycles. The molecule has 3 atom stereocenters. The highest BCUT2D eigenvalue weighted by Crippen LogP contribution is 2.43. The average molecular weight is 372 g/mol. The van der Waals surface area contributed by atoms with Gasteiger partial charge < -0.3 is 14.4 Å². The number of benzene rings is 1. The maximum Gasteiger partial charge on any atom is 0.266 e. The average Bonchev–Trinajstić information content (AvgIpc) is 3.34. The van der Waals surface area contributed by atoms with Gasteiger partial charge in [-0.1, -0.05) is 0 Å². The number of methoxy groups -OCH3 is 1. The van der Waals surface area contributed by atoms with Crippen molar-refractivity contribution in [3.05, 3.63) is 39.8 Å². The number of fused-ring (bicyclic) bond motifs is 2. The number of aryl methyl sites for hydroxylation is 2. The summed E-state index contributed by atoms with van der Waals surface area (Å²) in [4.78, 5) is 20.5. The first-order valence-corrected chi connectivity index (χ1v) is 9.92. The fourth-order valence-electron chi connectivity index (χ4n) is 4.33. The van der Waals surface area contributed by atoms with Crippen LogP contribution in [0, 0.1) is 19.8 Å². The minimum atomic E-state index is 0.128. The van der Waals surface area contributed by atoms with Crippen LogP contribution in [0.1, 0.15) is 39.6 Å². The van der Waals surface area contributed by atoms with E-state index in [1.165, 1.54) is 17.8 Å². The Bertz CT molecular complexity index is 802. The monoisotopic (exact) mass is 372 g/mol. The number of rotatable bonds is 5. The van der Waals surface area contributed by atoms with E-state index < -0.39 is 0 Å². The third kappa shape index (κ3) is 3.07. The molecule has 0 N–H and O–H groups in total. The van der Waals surface area contributed by atoms with E-state index in [2.05, 4.69) is 9.88 Å². The van der Waals surface area contributed by atoms with Crippen molar-refractivity contribution in [2.24, 2.45) is 5.92 Å². The number of hydrogen-bond donors (Lipinski definition) is 0. The molecule has 2 aliphatic rings. The normalized spacial score (nSPS) is 24.1. The molecule has 2 aromatic rings. The number of ether oxygens (including phenoxy) is 2. The summed E-state index contributed by atoms with van der Waals surface area (Å²) < 4.78 is 11.2. The number of hydrogen-bond acceptors (Lipinski definition) is 5. The van der Waals surface area contributed by atoms with Crippen LogP contribution in [0.4, 0.5) is 0 Å². The Morgan fingerprint density at radius 1 is 1.23 bits per heavy atom. The zero-order valence-corrected chi connectivity index (χ0v) is 16.2. The summed E-state index contributed by atoms with van der Waals surface area (Å²) in [6, 6.07) is 8.10. The number of amides is 1. The van der Waals surface area contributed by atoms with E-state index in [1.807, 2.05) is 38.1 Å². The number of carbonyl (C=O) groups excluding carboxylic acids is 1. The summed E-state index contributed by atoms with van der Waals surface area (Å²) >= 11 is 1.50. The van der Waals surface area contributed by atoms with Crippen molar-refractivity contribution in [3.8, 4) is 11.5 Å². The first-order valence-electron chi connectivity index (χ1n) is 9.10. The lowest BCUT2D eigenvalue weighted by atomic mass is 9.99. The van der Waals surface area contributed by atoms with Crippen molar-refractivity contribution in [1.29, 1.82) is 0 Å². The Labute approximate surface area is 157 Å². The molecule has 4 rings (SSSR count). The number of thiazole rings is 1. The number of carbonyl (C=O) groups is 1. The predicted octanol–water partition coefficient (Wildman–Crippen LogP) is 3.84. The van der Waals surface area contributed by atoms with E-state index in [1.54, 1.807) is 7.11 Å². The second kappa shape index (κ2) is 6.91. The van der Waals surface area contributed by atoms with Gasteiger partial charge in [-0.2, -0.15) is 0 Å². The maximum atomic E-state index is 13.2. The zero-order chi connectivity index (χ0) is 18.3. The molecular formula is C20H24N2O3S. The van der Waals surface area contributed by atoms with Gasteiger partial charge >= 0.3 is 0 Å². The van der Waals surface area contributed by atoms with E-state index in [4.69, 9.17) is 9.47 Å². The molecule has 0 spiro atoms. The Kier molecular flexibility index (Phi) is 4.61. The molecule has 1 aromatic carbocycles. The minimum Gasteiger partial charge on any atom is -0.497 e. The lowest BCUT2D eigenvalue weighted by Crippen LogP contribution is -2.47. The van der Waals surface area contributed by atoms with Gasteiger partial charge in [0.2, 0.25) is 0 Å². The Balaban J connectivity index is 1.50. The Morgan fingerprint density at radius 3 is 2.62 bits per heavy atom. The highest BCUT2D eigenvalue weighted by atomic mass is 32.1. The summed E-state index contributed by atoms with van der Waals surface area (Å²) in [5.74, 6) is 2.29. The van der Waals surface area contributed by atoms with Gasteiger partial charge in [-0.15, -0.1) is 11.3 Å². The Hall–Kier alpha value is -2.08. The third-order valence-electron chi connectivity index (χ3n) is 5.55. The van der Waals surface area contributed by atoms with Gasteiger partial charge in [0.15, 0.2) is 0 Å². The topological polar surface area (TPSA) is 51.7 Å². The lowest BCUT2D eigenvalue weighted by molar-refractivity contribution is 0.0509. The molecule has 5 nitrogen and oxygen atoms in total. The molecule has 2 fully saturated rings. The number of piperidine rings is 1. The summed E-state index contributed by atoms with van der Waals surface area (Å²) in [6.45, 7) is 4.42. The molecule has 0 radical (unpaired) electrons. The molecule has 1 saturated carbocycles. The first kappa shape index (κ1) is 17.3. The molecule has 1 amide bonds. The van der Waals surface area contributed by atoms with Crippen molar-refractivity contribution in [2.75, 3.05) is 13.7 Å². The molecule has 1 saturated heterocycles. The van der Waals surface area contributed by atoms with E-state index in [9.17, 15) is 4.79 Å². The smallest absolute Gasteiger partial charge is 0.266 e. The molecule has 26 heavy (non-hydrogen) atoms. The van der Waals surface area contributed by atoms with Crippen LogP contribution in [0.5, 0.6) is 11.5 Å². The molecule has 1 aliphatic heterocycles. The van der Waals surface area contributed by atoms with Crippen LogP contribution < -0.4 is 9.47 Å². The zero-order valence-electron chi connectivity index (χ0n) is 15.4. The van der Waals surface area contributed by atoms with Gasteiger partial charge in [-0.05, 0) is 63.3 Å². The molecule has 2 bridgehead atoms. The van der Waals surface area contributed by atoms with Crippen LogP contribution in [0.15, 0.2) is 24.3 Å². The first-order chi connectivity index (χ1) is 12.6. The van der Waals surface area contributed by atoms with Gasteiger partial charge in [0, 0.05) is 6.04 Å². The van der Waals surface area contributed by atoms with Gasteiger partial charge in [0.05, 0.1) is 23.9 Å². The van der Waals surface area contributed by atoms with Crippen molar-refractivity contribution in [2.45, 2.75) is 45.2 Å². The van der Waals surface area contributed by atoms with Crippen LogP contribution in [-0.2, 0) is 0 Å². The summed E-state index contributed by atoms with van der Waals surface area (Å²) in [5.41, 5.74) is 0.843. The Morgan fingerprint density at radius 2 is 1.96 bits per heavy atom. The minimum absolute atomic E-state index is 0.128. The van der Waals surface area contributed by atoms with E-state index in [0.717, 1.165) is 39.9 Å². The fraction of sp³-hybridized carbons (Fsp3) is 0.500. The van der Waals surface area contributed by atoms with Crippen LogP contribution in [0.25, 0.3) is 0 Å². The van der Waals surface area contributed by atoms with Gasteiger partial charge in [-0.3, -0.25) is 4.79 Å². The van der Waals surface area contributed by atoms with Gasteiger partial charge in [0.1, 0.15) is 23.0 Å². The molecule has 138 valence electrons.